The first-order valence-electron chi connectivity index (χ1n) is 7.68. The van der Waals surface area contributed by atoms with E-state index in [2.05, 4.69) is 5.32 Å². The van der Waals surface area contributed by atoms with Crippen LogP contribution in [0.4, 0.5) is 0 Å². The van der Waals surface area contributed by atoms with Crippen molar-refractivity contribution < 1.29 is 14.6 Å². The molecule has 2 aromatic carbocycles. The number of hydrogen-bond acceptors (Lipinski definition) is 4. The number of carbonyl (C=O) groups is 1. The van der Waals surface area contributed by atoms with Crippen molar-refractivity contribution in [2.45, 2.75) is 13.0 Å². The van der Waals surface area contributed by atoms with Crippen LogP contribution in [-0.2, 0) is 0 Å². The van der Waals surface area contributed by atoms with Gasteiger partial charge in [0.15, 0.2) is 0 Å². The molecule has 3 rings (SSSR count). The molecule has 4 nitrogen and oxygen atoms in total. The summed E-state index contributed by atoms with van der Waals surface area (Å²) in [5, 5.41) is 15.3. The maximum absolute atomic E-state index is 12.3. The highest BCUT2D eigenvalue weighted by atomic mass is 32.1. The number of fused-ring (bicyclic) bond motifs is 1. The van der Waals surface area contributed by atoms with E-state index in [0.717, 1.165) is 21.2 Å². The van der Waals surface area contributed by atoms with Gasteiger partial charge in [-0.25, -0.2) is 0 Å². The molecule has 0 bridgehead atoms. The molecule has 1 atom stereocenters. The quantitative estimate of drug-likeness (QED) is 0.744. The van der Waals surface area contributed by atoms with E-state index in [9.17, 15) is 9.90 Å². The van der Waals surface area contributed by atoms with Gasteiger partial charge in [0.2, 0.25) is 0 Å². The first-order valence-corrected chi connectivity index (χ1v) is 8.49. The topological polar surface area (TPSA) is 58.6 Å². The zero-order valence-corrected chi connectivity index (χ0v) is 14.4. The Morgan fingerprint density at radius 1 is 1.21 bits per heavy atom. The van der Waals surface area contributed by atoms with Crippen molar-refractivity contribution in [2.75, 3.05) is 13.7 Å². The number of aliphatic hydroxyl groups is 1. The van der Waals surface area contributed by atoms with Gasteiger partial charge in [0.1, 0.15) is 10.6 Å². The van der Waals surface area contributed by atoms with Gasteiger partial charge in [0.25, 0.3) is 5.91 Å². The average molecular weight is 341 g/mol. The molecule has 1 aromatic heterocycles. The van der Waals surface area contributed by atoms with Gasteiger partial charge in [-0.2, -0.15) is 0 Å². The molecular weight excluding hydrogens is 322 g/mol. The molecule has 3 aromatic rings. The number of benzene rings is 2. The Morgan fingerprint density at radius 3 is 2.71 bits per heavy atom. The molecule has 0 aliphatic rings. The van der Waals surface area contributed by atoms with Gasteiger partial charge in [0, 0.05) is 11.4 Å². The lowest BCUT2D eigenvalue weighted by molar-refractivity contribution is 0.0917. The van der Waals surface area contributed by atoms with Crippen LogP contribution in [0.25, 0.3) is 10.8 Å². The molecular formula is C19H19NO3S. The summed E-state index contributed by atoms with van der Waals surface area (Å²) in [6, 6.07) is 15.6. The Labute approximate surface area is 144 Å². The second kappa shape index (κ2) is 7.03. The number of methoxy groups -OCH3 is 1. The fraction of sp³-hybridized carbons (Fsp3) is 0.211. The SMILES string of the molecule is COc1cc(C)sc1C(=O)NCC(O)c1ccc2ccccc2c1. The van der Waals surface area contributed by atoms with E-state index in [-0.39, 0.29) is 12.5 Å². The lowest BCUT2D eigenvalue weighted by Crippen LogP contribution is -2.28. The molecule has 2 N–H and O–H groups in total. The summed E-state index contributed by atoms with van der Waals surface area (Å²) in [7, 11) is 1.54. The highest BCUT2D eigenvalue weighted by Crippen LogP contribution is 2.28. The molecule has 124 valence electrons. The normalized spacial score (nSPS) is 12.1. The van der Waals surface area contributed by atoms with Gasteiger partial charge in [-0.05, 0) is 35.4 Å². The summed E-state index contributed by atoms with van der Waals surface area (Å²) >= 11 is 1.38. The Bertz CT molecular complexity index is 872. The largest absolute Gasteiger partial charge is 0.495 e. The minimum atomic E-state index is -0.759. The van der Waals surface area contributed by atoms with Crippen LogP contribution in [-0.4, -0.2) is 24.7 Å². The number of nitrogens with one attached hydrogen (secondary N) is 1. The van der Waals surface area contributed by atoms with Crippen molar-refractivity contribution in [3.05, 3.63) is 63.8 Å². The fourth-order valence-electron chi connectivity index (χ4n) is 2.60. The molecule has 1 heterocycles. The summed E-state index contributed by atoms with van der Waals surface area (Å²) in [6.07, 6.45) is -0.759. The van der Waals surface area contributed by atoms with Crippen LogP contribution in [0, 0.1) is 6.92 Å². The van der Waals surface area contributed by atoms with Crippen molar-refractivity contribution in [1.29, 1.82) is 0 Å². The summed E-state index contributed by atoms with van der Waals surface area (Å²) in [5.74, 6) is 0.333. The van der Waals surface area contributed by atoms with E-state index in [1.54, 1.807) is 7.11 Å². The monoisotopic (exact) mass is 341 g/mol. The van der Waals surface area contributed by atoms with E-state index in [0.29, 0.717) is 10.6 Å². The number of thiophene rings is 1. The highest BCUT2D eigenvalue weighted by molar-refractivity contribution is 7.14. The first-order chi connectivity index (χ1) is 11.6. The number of carbonyl (C=O) groups excluding carboxylic acids is 1. The molecule has 0 fully saturated rings. The second-order valence-corrected chi connectivity index (χ2v) is 6.84. The maximum Gasteiger partial charge on any atom is 0.265 e. The van der Waals surface area contributed by atoms with E-state index in [4.69, 9.17) is 4.74 Å². The first kappa shape index (κ1) is 16.5. The molecule has 0 aliphatic heterocycles. The predicted octanol–water partition coefficient (Wildman–Crippen LogP) is 3.68. The third-order valence-electron chi connectivity index (χ3n) is 3.86. The van der Waals surface area contributed by atoms with Crippen LogP contribution in [0.2, 0.25) is 0 Å². The Morgan fingerprint density at radius 2 is 1.96 bits per heavy atom. The molecule has 0 spiro atoms. The van der Waals surface area contributed by atoms with E-state index < -0.39 is 6.10 Å². The highest BCUT2D eigenvalue weighted by Gasteiger charge is 2.17. The van der Waals surface area contributed by atoms with Crippen LogP contribution in [0.5, 0.6) is 5.75 Å². The van der Waals surface area contributed by atoms with Crippen LogP contribution in [0.1, 0.15) is 26.2 Å². The standard InChI is InChI=1S/C19H19NO3S/c1-12-9-17(23-2)18(24-12)19(22)20-11-16(21)15-8-7-13-5-3-4-6-14(13)10-15/h3-10,16,21H,11H2,1-2H3,(H,20,22). The average Bonchev–Trinajstić information content (AvgIpc) is 3.00. The summed E-state index contributed by atoms with van der Waals surface area (Å²) in [4.78, 5) is 13.8. The third-order valence-corrected chi connectivity index (χ3v) is 4.89. The summed E-state index contributed by atoms with van der Waals surface area (Å²) in [6.45, 7) is 2.07. The number of aliphatic hydroxyl groups excluding tert-OH is 1. The van der Waals surface area contributed by atoms with Gasteiger partial charge < -0.3 is 15.2 Å². The minimum absolute atomic E-state index is 0.150. The van der Waals surface area contributed by atoms with Crippen molar-refractivity contribution in [2.24, 2.45) is 0 Å². The van der Waals surface area contributed by atoms with Crippen LogP contribution in [0.3, 0.4) is 0 Å². The van der Waals surface area contributed by atoms with Crippen molar-refractivity contribution in [1.82, 2.24) is 5.32 Å². The van der Waals surface area contributed by atoms with Gasteiger partial charge in [-0.1, -0.05) is 36.4 Å². The molecule has 24 heavy (non-hydrogen) atoms. The molecule has 0 radical (unpaired) electrons. The van der Waals surface area contributed by atoms with Crippen molar-refractivity contribution >= 4 is 28.0 Å². The Hall–Kier alpha value is -2.37. The number of aryl methyl sites for hydroxylation is 1. The zero-order valence-electron chi connectivity index (χ0n) is 13.6. The van der Waals surface area contributed by atoms with Crippen molar-refractivity contribution in [3.63, 3.8) is 0 Å². The van der Waals surface area contributed by atoms with Gasteiger partial charge >= 0.3 is 0 Å². The number of hydrogen-bond donors (Lipinski definition) is 2. The van der Waals surface area contributed by atoms with Crippen LogP contribution >= 0.6 is 11.3 Å². The second-order valence-electron chi connectivity index (χ2n) is 5.59. The van der Waals surface area contributed by atoms with Gasteiger partial charge in [-0.15, -0.1) is 11.3 Å². The van der Waals surface area contributed by atoms with E-state index >= 15 is 0 Å². The predicted molar refractivity (Wildman–Crippen MR) is 96.8 cm³/mol. The number of ether oxygens (including phenoxy) is 1. The molecule has 0 saturated heterocycles. The Kier molecular flexibility index (Phi) is 4.83. The molecule has 0 aliphatic carbocycles. The van der Waals surface area contributed by atoms with Crippen LogP contribution < -0.4 is 10.1 Å². The lowest BCUT2D eigenvalue weighted by Gasteiger charge is -2.13. The third kappa shape index (κ3) is 3.42. The molecule has 1 unspecified atom stereocenters. The minimum Gasteiger partial charge on any atom is -0.495 e. The lowest BCUT2D eigenvalue weighted by atomic mass is 10.0. The number of amides is 1. The van der Waals surface area contributed by atoms with Gasteiger partial charge in [0.05, 0.1) is 13.2 Å². The van der Waals surface area contributed by atoms with E-state index in [1.165, 1.54) is 11.3 Å². The van der Waals surface area contributed by atoms with Crippen LogP contribution in [0.15, 0.2) is 48.5 Å². The summed E-state index contributed by atoms with van der Waals surface area (Å²) < 4.78 is 5.21. The molecule has 1 amide bonds. The summed E-state index contributed by atoms with van der Waals surface area (Å²) in [5.41, 5.74) is 0.781. The Balaban J connectivity index is 1.69. The van der Waals surface area contributed by atoms with Crippen molar-refractivity contribution in [3.8, 4) is 5.75 Å². The number of rotatable bonds is 5. The van der Waals surface area contributed by atoms with Gasteiger partial charge in [-0.3, -0.25) is 4.79 Å². The molecule has 5 heteroatoms. The van der Waals surface area contributed by atoms with E-state index in [1.807, 2.05) is 55.5 Å². The maximum atomic E-state index is 12.3. The smallest absolute Gasteiger partial charge is 0.265 e. The fourth-order valence-corrected chi connectivity index (χ4v) is 3.50. The molecule has 0 saturated carbocycles. The zero-order chi connectivity index (χ0) is 17.1.